The van der Waals surface area contributed by atoms with Crippen LogP contribution < -0.4 is 25.1 Å². The number of carbonyl (C=O) groups excluding carboxylic acids is 3. The number of para-hydroxylation sites is 1. The van der Waals surface area contributed by atoms with Crippen molar-refractivity contribution in [1.82, 2.24) is 10.3 Å². The molecule has 10 nitrogen and oxygen atoms in total. The number of hydrogen-bond donors (Lipinski definition) is 2. The predicted molar refractivity (Wildman–Crippen MR) is 144 cm³/mol. The average Bonchev–Trinajstić information content (AvgIpc) is 3.47. The summed E-state index contributed by atoms with van der Waals surface area (Å²) < 4.78 is 10.5. The number of likely N-dealkylation sites (tertiary alicyclic amines) is 1. The van der Waals surface area contributed by atoms with Gasteiger partial charge in [0.2, 0.25) is 11.8 Å². The SMILES string of the molecule is COc1ccc(NC(=O)CSC2NN=C(CCC(=O)N3CCCC3)C(=O)N2c2ccccc2)c(OC)c1. The van der Waals surface area contributed by atoms with Crippen molar-refractivity contribution in [2.45, 2.75) is 31.2 Å². The fraction of sp³-hybridized carbons (Fsp3) is 0.385. The third-order valence-electron chi connectivity index (χ3n) is 6.13. The van der Waals surface area contributed by atoms with Crippen LogP contribution in [-0.2, 0) is 14.4 Å². The number of ether oxygens (including phenoxy) is 2. The van der Waals surface area contributed by atoms with Crippen molar-refractivity contribution in [3.8, 4) is 11.5 Å². The van der Waals surface area contributed by atoms with Crippen molar-refractivity contribution in [1.29, 1.82) is 0 Å². The summed E-state index contributed by atoms with van der Waals surface area (Å²) in [5, 5.41) is 7.13. The number of benzene rings is 2. The molecule has 1 saturated heterocycles. The van der Waals surface area contributed by atoms with E-state index >= 15 is 0 Å². The minimum atomic E-state index is -0.601. The van der Waals surface area contributed by atoms with Gasteiger partial charge < -0.3 is 19.7 Å². The van der Waals surface area contributed by atoms with Crippen LogP contribution in [0.3, 0.4) is 0 Å². The van der Waals surface area contributed by atoms with Gasteiger partial charge in [-0.25, -0.2) is 0 Å². The van der Waals surface area contributed by atoms with E-state index < -0.39 is 5.50 Å². The number of nitrogens with one attached hydrogen (secondary N) is 2. The Morgan fingerprint density at radius 1 is 1.11 bits per heavy atom. The number of amides is 3. The predicted octanol–water partition coefficient (Wildman–Crippen LogP) is 3.05. The molecule has 2 N–H and O–H groups in total. The second-order valence-corrected chi connectivity index (χ2v) is 9.63. The summed E-state index contributed by atoms with van der Waals surface area (Å²) in [5.74, 6) is 0.648. The van der Waals surface area contributed by atoms with Crippen molar-refractivity contribution in [3.63, 3.8) is 0 Å². The molecule has 4 rings (SSSR count). The average molecular weight is 526 g/mol. The lowest BCUT2D eigenvalue weighted by Gasteiger charge is -2.34. The van der Waals surface area contributed by atoms with Crippen molar-refractivity contribution >= 4 is 46.6 Å². The lowest BCUT2D eigenvalue weighted by Crippen LogP contribution is -2.53. The highest BCUT2D eigenvalue weighted by molar-refractivity contribution is 8.00. The van der Waals surface area contributed by atoms with Gasteiger partial charge in [-0.15, -0.1) is 11.8 Å². The Morgan fingerprint density at radius 2 is 1.86 bits per heavy atom. The van der Waals surface area contributed by atoms with Crippen molar-refractivity contribution in [2.24, 2.45) is 5.10 Å². The maximum Gasteiger partial charge on any atom is 0.276 e. The number of rotatable bonds is 10. The summed E-state index contributed by atoms with van der Waals surface area (Å²) >= 11 is 1.23. The van der Waals surface area contributed by atoms with Gasteiger partial charge in [-0.2, -0.15) is 5.10 Å². The third-order valence-corrected chi connectivity index (χ3v) is 7.19. The highest BCUT2D eigenvalue weighted by atomic mass is 32.2. The van der Waals surface area contributed by atoms with E-state index in [1.807, 2.05) is 35.2 Å². The van der Waals surface area contributed by atoms with Gasteiger partial charge in [0.15, 0.2) is 5.50 Å². The quantitative estimate of drug-likeness (QED) is 0.490. The summed E-state index contributed by atoms with van der Waals surface area (Å²) in [4.78, 5) is 42.1. The molecule has 0 aliphatic carbocycles. The highest BCUT2D eigenvalue weighted by Gasteiger charge is 2.34. The minimum Gasteiger partial charge on any atom is -0.497 e. The largest absolute Gasteiger partial charge is 0.497 e. The van der Waals surface area contributed by atoms with Crippen LogP contribution in [-0.4, -0.2) is 66.9 Å². The lowest BCUT2D eigenvalue weighted by molar-refractivity contribution is -0.130. The molecule has 0 saturated carbocycles. The van der Waals surface area contributed by atoms with E-state index in [0.717, 1.165) is 25.9 Å². The monoisotopic (exact) mass is 525 g/mol. The Hall–Kier alpha value is -3.73. The zero-order valence-electron chi connectivity index (χ0n) is 20.9. The van der Waals surface area contributed by atoms with Gasteiger partial charge in [0.1, 0.15) is 17.2 Å². The lowest BCUT2D eigenvalue weighted by atomic mass is 10.1. The fourth-order valence-corrected chi connectivity index (χ4v) is 5.07. The normalized spacial score (nSPS) is 17.2. The van der Waals surface area contributed by atoms with Gasteiger partial charge >= 0.3 is 0 Å². The van der Waals surface area contributed by atoms with E-state index in [9.17, 15) is 14.4 Å². The Bertz CT molecular complexity index is 1150. The molecule has 3 amide bonds. The standard InChI is InChI=1S/C26H31N5O5S/c1-35-19-10-11-20(22(16-19)36-2)27-23(32)17-37-26-29-28-21(12-13-24(33)30-14-6-7-15-30)25(34)31(26)18-8-4-3-5-9-18/h3-5,8-11,16,26,29H,6-7,12-15,17H2,1-2H3,(H,27,32). The van der Waals surface area contributed by atoms with Crippen LogP contribution in [0.4, 0.5) is 11.4 Å². The zero-order valence-corrected chi connectivity index (χ0v) is 21.8. The molecule has 2 aromatic rings. The first-order valence-corrected chi connectivity index (χ1v) is 13.2. The Labute approximate surface area is 220 Å². The molecule has 0 bridgehead atoms. The van der Waals surface area contributed by atoms with Gasteiger partial charge in [-0.05, 0) is 37.1 Å². The van der Waals surface area contributed by atoms with Crippen LogP contribution in [0.2, 0.25) is 0 Å². The molecule has 0 aromatic heterocycles. The molecule has 1 unspecified atom stereocenters. The molecule has 2 heterocycles. The number of anilines is 2. The van der Waals surface area contributed by atoms with Crippen LogP contribution in [0.25, 0.3) is 0 Å². The number of methoxy groups -OCH3 is 2. The second-order valence-electron chi connectivity index (χ2n) is 8.56. The number of hydrazone groups is 1. The van der Waals surface area contributed by atoms with E-state index in [0.29, 0.717) is 28.6 Å². The summed E-state index contributed by atoms with van der Waals surface area (Å²) in [6, 6.07) is 14.3. The van der Waals surface area contributed by atoms with Crippen LogP contribution in [0.15, 0.2) is 53.6 Å². The van der Waals surface area contributed by atoms with E-state index in [-0.39, 0.29) is 36.3 Å². The van der Waals surface area contributed by atoms with E-state index in [4.69, 9.17) is 9.47 Å². The molecule has 196 valence electrons. The van der Waals surface area contributed by atoms with Crippen LogP contribution in [0.5, 0.6) is 11.5 Å². The fourth-order valence-electron chi connectivity index (χ4n) is 4.19. The molecule has 1 fully saturated rings. The van der Waals surface area contributed by atoms with Gasteiger partial charge in [0.05, 0.1) is 25.7 Å². The topological polar surface area (TPSA) is 113 Å². The molecular weight excluding hydrogens is 494 g/mol. The zero-order chi connectivity index (χ0) is 26.2. The minimum absolute atomic E-state index is 0.0430. The number of carbonyl (C=O) groups is 3. The van der Waals surface area contributed by atoms with Gasteiger partial charge in [0.25, 0.3) is 5.91 Å². The maximum absolute atomic E-state index is 13.4. The molecule has 2 aliphatic rings. The number of hydrogen-bond acceptors (Lipinski definition) is 8. The second kappa shape index (κ2) is 12.5. The number of thioether (sulfide) groups is 1. The van der Waals surface area contributed by atoms with Crippen molar-refractivity contribution in [3.05, 3.63) is 48.5 Å². The Morgan fingerprint density at radius 3 is 2.57 bits per heavy atom. The Kier molecular flexibility index (Phi) is 8.89. The third kappa shape index (κ3) is 6.53. The first kappa shape index (κ1) is 26.3. The smallest absolute Gasteiger partial charge is 0.276 e. The van der Waals surface area contributed by atoms with Crippen LogP contribution in [0.1, 0.15) is 25.7 Å². The molecule has 1 atom stereocenters. The van der Waals surface area contributed by atoms with Gasteiger partial charge in [0, 0.05) is 37.7 Å². The molecule has 0 radical (unpaired) electrons. The molecule has 37 heavy (non-hydrogen) atoms. The first-order valence-electron chi connectivity index (χ1n) is 12.1. The number of nitrogens with zero attached hydrogens (tertiary/aromatic N) is 3. The maximum atomic E-state index is 13.4. The molecule has 11 heteroatoms. The summed E-state index contributed by atoms with van der Waals surface area (Å²) in [5.41, 5.74) is 3.89. The van der Waals surface area contributed by atoms with Crippen LogP contribution in [0, 0.1) is 0 Å². The van der Waals surface area contributed by atoms with Gasteiger partial charge in [-0.1, -0.05) is 18.2 Å². The molecule has 0 spiro atoms. The highest BCUT2D eigenvalue weighted by Crippen LogP contribution is 2.30. The van der Waals surface area contributed by atoms with E-state index in [2.05, 4.69) is 15.8 Å². The Balaban J connectivity index is 1.42. The summed E-state index contributed by atoms with van der Waals surface area (Å²) in [6.07, 6.45) is 2.53. The van der Waals surface area contributed by atoms with Gasteiger partial charge in [-0.3, -0.25) is 24.7 Å². The molecule has 2 aromatic carbocycles. The molecular formula is C26H31N5O5S. The van der Waals surface area contributed by atoms with Crippen LogP contribution >= 0.6 is 11.8 Å². The van der Waals surface area contributed by atoms with E-state index in [1.54, 1.807) is 30.2 Å². The molecule has 2 aliphatic heterocycles. The summed E-state index contributed by atoms with van der Waals surface area (Å²) in [6.45, 7) is 1.55. The first-order chi connectivity index (χ1) is 18.0. The van der Waals surface area contributed by atoms with Crippen molar-refractivity contribution in [2.75, 3.05) is 43.3 Å². The summed E-state index contributed by atoms with van der Waals surface area (Å²) in [7, 11) is 3.07. The van der Waals surface area contributed by atoms with Crippen molar-refractivity contribution < 1.29 is 23.9 Å². The van der Waals surface area contributed by atoms with E-state index in [1.165, 1.54) is 18.9 Å².